The van der Waals surface area contributed by atoms with E-state index in [1.54, 1.807) is 11.3 Å². The summed E-state index contributed by atoms with van der Waals surface area (Å²) >= 11 is 1.71. The predicted octanol–water partition coefficient (Wildman–Crippen LogP) is 2.46. The molecule has 1 aromatic rings. The van der Waals surface area contributed by atoms with Crippen LogP contribution < -0.4 is 10.6 Å². The summed E-state index contributed by atoms with van der Waals surface area (Å²) in [6.45, 7) is 3.17. The molecule has 0 bridgehead atoms. The maximum absolute atomic E-state index is 11.9. The minimum absolute atomic E-state index is 0.171. The monoisotopic (exact) mass is 252 g/mol. The second-order valence-electron chi connectivity index (χ2n) is 4.54. The van der Waals surface area contributed by atoms with Gasteiger partial charge in [-0.15, -0.1) is 11.3 Å². The van der Waals surface area contributed by atoms with Crippen molar-refractivity contribution in [3.8, 4) is 0 Å². The minimum atomic E-state index is 0.171. The zero-order valence-corrected chi connectivity index (χ0v) is 11.1. The molecule has 2 rings (SSSR count). The molecule has 2 N–H and O–H groups in total. The van der Waals surface area contributed by atoms with Gasteiger partial charge in [-0.25, -0.2) is 0 Å². The second kappa shape index (κ2) is 6.17. The van der Waals surface area contributed by atoms with Crippen LogP contribution in [0.4, 0.5) is 0 Å². The van der Waals surface area contributed by atoms with Crippen molar-refractivity contribution in [2.45, 2.75) is 44.7 Å². The van der Waals surface area contributed by atoms with Gasteiger partial charge in [-0.1, -0.05) is 13.0 Å². The third-order valence-electron chi connectivity index (χ3n) is 3.22. The Kier molecular flexibility index (Phi) is 4.57. The molecule has 0 saturated carbocycles. The normalized spacial score (nSPS) is 21.4. The SMILES string of the molecule is CCC(NC(=O)CC1CCCN1)c1cccs1. The topological polar surface area (TPSA) is 41.1 Å². The summed E-state index contributed by atoms with van der Waals surface area (Å²) in [5, 5.41) is 8.54. The summed E-state index contributed by atoms with van der Waals surface area (Å²) in [4.78, 5) is 13.2. The fraction of sp³-hybridized carbons (Fsp3) is 0.615. The van der Waals surface area contributed by atoms with E-state index < -0.39 is 0 Å². The molecule has 3 nitrogen and oxygen atoms in total. The van der Waals surface area contributed by atoms with E-state index in [1.807, 2.05) is 6.07 Å². The van der Waals surface area contributed by atoms with Crippen LogP contribution in [-0.2, 0) is 4.79 Å². The lowest BCUT2D eigenvalue weighted by Crippen LogP contribution is -2.33. The Morgan fingerprint density at radius 3 is 3.18 bits per heavy atom. The molecule has 1 aliphatic rings. The maximum atomic E-state index is 11.9. The third kappa shape index (κ3) is 3.54. The van der Waals surface area contributed by atoms with E-state index in [1.165, 1.54) is 11.3 Å². The van der Waals surface area contributed by atoms with Crippen molar-refractivity contribution in [1.82, 2.24) is 10.6 Å². The maximum Gasteiger partial charge on any atom is 0.222 e. The van der Waals surface area contributed by atoms with Crippen molar-refractivity contribution >= 4 is 17.2 Å². The molecule has 0 radical (unpaired) electrons. The first kappa shape index (κ1) is 12.6. The standard InChI is InChI=1S/C13H20N2OS/c1-2-11(12-6-4-8-17-12)15-13(16)9-10-5-3-7-14-10/h4,6,8,10-11,14H,2-3,5,7,9H2,1H3,(H,15,16). The van der Waals surface area contributed by atoms with Gasteiger partial charge in [0.05, 0.1) is 6.04 Å². The molecule has 1 amide bonds. The highest BCUT2D eigenvalue weighted by Crippen LogP contribution is 2.22. The smallest absolute Gasteiger partial charge is 0.222 e. The lowest BCUT2D eigenvalue weighted by Gasteiger charge is -2.17. The Morgan fingerprint density at radius 1 is 1.71 bits per heavy atom. The molecule has 2 unspecified atom stereocenters. The fourth-order valence-electron chi connectivity index (χ4n) is 2.27. The van der Waals surface area contributed by atoms with Crippen LogP contribution in [0.1, 0.15) is 43.5 Å². The first-order valence-electron chi connectivity index (χ1n) is 6.35. The van der Waals surface area contributed by atoms with Gasteiger partial charge >= 0.3 is 0 Å². The Bertz CT molecular complexity index is 344. The summed E-state index contributed by atoms with van der Waals surface area (Å²) in [5.41, 5.74) is 0. The molecule has 1 aromatic heterocycles. The molecule has 0 aromatic carbocycles. The molecule has 1 saturated heterocycles. The second-order valence-corrected chi connectivity index (χ2v) is 5.52. The number of nitrogens with one attached hydrogen (secondary N) is 2. The van der Waals surface area contributed by atoms with Crippen LogP contribution in [0.3, 0.4) is 0 Å². The first-order valence-corrected chi connectivity index (χ1v) is 7.23. The molecular weight excluding hydrogens is 232 g/mol. The highest BCUT2D eigenvalue weighted by molar-refractivity contribution is 7.10. The van der Waals surface area contributed by atoms with Gasteiger partial charge in [-0.05, 0) is 37.3 Å². The van der Waals surface area contributed by atoms with Gasteiger partial charge in [0, 0.05) is 17.3 Å². The van der Waals surface area contributed by atoms with Crippen molar-refractivity contribution < 1.29 is 4.79 Å². The van der Waals surface area contributed by atoms with Crippen LogP contribution in [0.15, 0.2) is 17.5 Å². The summed E-state index contributed by atoms with van der Waals surface area (Å²) in [5.74, 6) is 0.171. The fourth-order valence-corrected chi connectivity index (χ4v) is 3.13. The summed E-state index contributed by atoms with van der Waals surface area (Å²) in [6, 6.07) is 4.69. The number of thiophene rings is 1. The van der Waals surface area contributed by atoms with Crippen molar-refractivity contribution in [3.05, 3.63) is 22.4 Å². The molecule has 4 heteroatoms. The zero-order valence-electron chi connectivity index (χ0n) is 10.2. The van der Waals surface area contributed by atoms with Gasteiger partial charge in [-0.2, -0.15) is 0 Å². The Morgan fingerprint density at radius 2 is 2.59 bits per heavy atom. The molecule has 2 heterocycles. The predicted molar refractivity (Wildman–Crippen MR) is 71.1 cm³/mol. The van der Waals surface area contributed by atoms with Crippen molar-refractivity contribution in [2.75, 3.05) is 6.54 Å². The van der Waals surface area contributed by atoms with E-state index in [0.29, 0.717) is 12.5 Å². The Hall–Kier alpha value is -0.870. The number of hydrogen-bond donors (Lipinski definition) is 2. The lowest BCUT2D eigenvalue weighted by molar-refractivity contribution is -0.122. The van der Waals surface area contributed by atoms with E-state index in [9.17, 15) is 4.79 Å². The van der Waals surface area contributed by atoms with Crippen LogP contribution in [0.25, 0.3) is 0 Å². The van der Waals surface area contributed by atoms with Gasteiger partial charge < -0.3 is 10.6 Å². The highest BCUT2D eigenvalue weighted by atomic mass is 32.1. The molecular formula is C13H20N2OS. The molecule has 2 atom stereocenters. The van der Waals surface area contributed by atoms with Gasteiger partial charge in [0.1, 0.15) is 0 Å². The number of hydrogen-bond acceptors (Lipinski definition) is 3. The van der Waals surface area contributed by atoms with E-state index in [4.69, 9.17) is 0 Å². The molecule has 1 fully saturated rings. The molecule has 1 aliphatic heterocycles. The van der Waals surface area contributed by atoms with E-state index in [2.05, 4.69) is 29.0 Å². The Balaban J connectivity index is 1.83. The Labute approximate surface area is 107 Å². The van der Waals surface area contributed by atoms with Gasteiger partial charge in [0.25, 0.3) is 0 Å². The van der Waals surface area contributed by atoms with Crippen LogP contribution >= 0.6 is 11.3 Å². The number of carbonyl (C=O) groups excluding carboxylic acids is 1. The first-order chi connectivity index (χ1) is 8.29. The van der Waals surface area contributed by atoms with Crippen molar-refractivity contribution in [3.63, 3.8) is 0 Å². The van der Waals surface area contributed by atoms with E-state index in [-0.39, 0.29) is 11.9 Å². The highest BCUT2D eigenvalue weighted by Gasteiger charge is 2.20. The van der Waals surface area contributed by atoms with Crippen molar-refractivity contribution in [1.29, 1.82) is 0 Å². The average Bonchev–Trinajstić information content (AvgIpc) is 2.97. The third-order valence-corrected chi connectivity index (χ3v) is 4.21. The van der Waals surface area contributed by atoms with E-state index in [0.717, 1.165) is 19.4 Å². The average molecular weight is 252 g/mol. The zero-order chi connectivity index (χ0) is 12.1. The van der Waals surface area contributed by atoms with Gasteiger partial charge in [0.2, 0.25) is 5.91 Å². The minimum Gasteiger partial charge on any atom is -0.348 e. The largest absolute Gasteiger partial charge is 0.348 e. The van der Waals surface area contributed by atoms with Crippen LogP contribution in [0.2, 0.25) is 0 Å². The lowest BCUT2D eigenvalue weighted by atomic mass is 10.1. The quantitative estimate of drug-likeness (QED) is 0.845. The van der Waals surface area contributed by atoms with Crippen LogP contribution in [0, 0.1) is 0 Å². The molecule has 94 valence electrons. The summed E-state index contributed by atoms with van der Waals surface area (Å²) in [7, 11) is 0. The number of carbonyl (C=O) groups is 1. The molecule has 0 aliphatic carbocycles. The summed E-state index contributed by atoms with van der Waals surface area (Å²) < 4.78 is 0. The van der Waals surface area contributed by atoms with E-state index >= 15 is 0 Å². The number of amides is 1. The van der Waals surface area contributed by atoms with Gasteiger partial charge in [-0.3, -0.25) is 4.79 Å². The van der Waals surface area contributed by atoms with Crippen LogP contribution in [0.5, 0.6) is 0 Å². The van der Waals surface area contributed by atoms with Crippen molar-refractivity contribution in [2.24, 2.45) is 0 Å². The number of rotatable bonds is 5. The van der Waals surface area contributed by atoms with Gasteiger partial charge in [0.15, 0.2) is 0 Å². The van der Waals surface area contributed by atoms with Crippen LogP contribution in [-0.4, -0.2) is 18.5 Å². The molecule has 17 heavy (non-hydrogen) atoms. The summed E-state index contributed by atoms with van der Waals surface area (Å²) in [6.07, 6.45) is 3.88. The molecule has 0 spiro atoms.